The third-order valence-electron chi connectivity index (χ3n) is 3.21. The minimum Gasteiger partial charge on any atom is -0.319 e. The van der Waals surface area contributed by atoms with Crippen LogP contribution < -0.4 is 5.32 Å². The number of nitro groups is 1. The van der Waals surface area contributed by atoms with E-state index in [1.54, 1.807) is 7.05 Å². The number of carbonyl (C=O) groups excluding carboxylic acids is 1. The summed E-state index contributed by atoms with van der Waals surface area (Å²) in [4.78, 5) is 24.4. The highest BCUT2D eigenvalue weighted by Crippen LogP contribution is 2.27. The van der Waals surface area contributed by atoms with Crippen molar-refractivity contribution < 1.29 is 9.72 Å². The zero-order valence-corrected chi connectivity index (χ0v) is 15.2. The van der Waals surface area contributed by atoms with Gasteiger partial charge in [-0.15, -0.1) is 0 Å². The molecule has 0 aliphatic rings. The SMILES string of the molecule is CN(CC(=O)Nc1cc(Cl)ccc1[N+](=O)[O-])Cc1ccc(Br)cc1. The van der Waals surface area contributed by atoms with Crippen molar-refractivity contribution in [2.75, 3.05) is 18.9 Å². The highest BCUT2D eigenvalue weighted by molar-refractivity contribution is 9.10. The number of hydrogen-bond acceptors (Lipinski definition) is 4. The van der Waals surface area contributed by atoms with E-state index in [0.717, 1.165) is 10.0 Å². The number of rotatable bonds is 6. The molecule has 0 saturated carbocycles. The fourth-order valence-electron chi connectivity index (χ4n) is 2.16. The van der Waals surface area contributed by atoms with Crippen LogP contribution in [0.15, 0.2) is 46.9 Å². The Morgan fingerprint density at radius 3 is 2.58 bits per heavy atom. The maximum Gasteiger partial charge on any atom is 0.292 e. The molecule has 24 heavy (non-hydrogen) atoms. The molecule has 0 saturated heterocycles. The number of hydrogen-bond donors (Lipinski definition) is 1. The number of amides is 1. The Hall–Kier alpha value is -1.96. The van der Waals surface area contributed by atoms with E-state index < -0.39 is 4.92 Å². The van der Waals surface area contributed by atoms with Crippen LogP contribution in [0.1, 0.15) is 5.56 Å². The van der Waals surface area contributed by atoms with Gasteiger partial charge in [-0.3, -0.25) is 19.8 Å². The molecule has 126 valence electrons. The lowest BCUT2D eigenvalue weighted by Crippen LogP contribution is -2.30. The summed E-state index contributed by atoms with van der Waals surface area (Å²) in [6.07, 6.45) is 0. The number of halogens is 2. The molecule has 0 aromatic heterocycles. The number of nitrogens with one attached hydrogen (secondary N) is 1. The van der Waals surface area contributed by atoms with Crippen LogP contribution in [-0.4, -0.2) is 29.3 Å². The molecule has 1 N–H and O–H groups in total. The predicted molar refractivity (Wildman–Crippen MR) is 97.2 cm³/mol. The Kier molecular flexibility index (Phi) is 6.30. The summed E-state index contributed by atoms with van der Waals surface area (Å²) < 4.78 is 0.986. The van der Waals surface area contributed by atoms with E-state index in [1.807, 2.05) is 29.2 Å². The molecular weight excluding hydrogens is 398 g/mol. The second kappa shape index (κ2) is 8.23. The Balaban J connectivity index is 1.99. The van der Waals surface area contributed by atoms with Crippen molar-refractivity contribution in [3.8, 4) is 0 Å². The van der Waals surface area contributed by atoms with Gasteiger partial charge in [0.05, 0.1) is 11.5 Å². The van der Waals surface area contributed by atoms with Gasteiger partial charge in [0, 0.05) is 22.1 Å². The van der Waals surface area contributed by atoms with Crippen molar-refractivity contribution >= 4 is 44.8 Å². The van der Waals surface area contributed by atoms with Crippen molar-refractivity contribution in [1.29, 1.82) is 0 Å². The van der Waals surface area contributed by atoms with Gasteiger partial charge in [0.25, 0.3) is 5.69 Å². The largest absolute Gasteiger partial charge is 0.319 e. The summed E-state index contributed by atoms with van der Waals surface area (Å²) in [6, 6.07) is 11.8. The number of likely N-dealkylation sites (N-methyl/N-ethyl adjacent to an activating group) is 1. The number of nitrogens with zero attached hydrogens (tertiary/aromatic N) is 2. The molecule has 0 unspecified atom stereocenters. The summed E-state index contributed by atoms with van der Waals surface area (Å²) in [5, 5.41) is 13.9. The average Bonchev–Trinajstić information content (AvgIpc) is 2.49. The smallest absolute Gasteiger partial charge is 0.292 e. The Labute approximate surface area is 152 Å². The minimum absolute atomic E-state index is 0.0922. The molecule has 8 heteroatoms. The highest BCUT2D eigenvalue weighted by atomic mass is 79.9. The molecule has 0 atom stereocenters. The Bertz CT molecular complexity index is 753. The topological polar surface area (TPSA) is 75.5 Å². The Morgan fingerprint density at radius 2 is 1.96 bits per heavy atom. The molecule has 6 nitrogen and oxygen atoms in total. The number of anilines is 1. The van der Waals surface area contributed by atoms with E-state index in [9.17, 15) is 14.9 Å². The van der Waals surface area contributed by atoms with Crippen LogP contribution in [0, 0.1) is 10.1 Å². The van der Waals surface area contributed by atoms with E-state index in [4.69, 9.17) is 11.6 Å². The minimum atomic E-state index is -0.558. The van der Waals surface area contributed by atoms with Crippen LogP contribution in [-0.2, 0) is 11.3 Å². The maximum atomic E-state index is 12.1. The average molecular weight is 413 g/mol. The van der Waals surface area contributed by atoms with E-state index >= 15 is 0 Å². The van der Waals surface area contributed by atoms with Crippen molar-refractivity contribution in [2.45, 2.75) is 6.54 Å². The first-order valence-corrected chi connectivity index (χ1v) is 8.19. The van der Waals surface area contributed by atoms with Crippen LogP contribution in [0.4, 0.5) is 11.4 Å². The summed E-state index contributed by atoms with van der Waals surface area (Å²) >= 11 is 9.21. The summed E-state index contributed by atoms with van der Waals surface area (Å²) in [5.41, 5.74) is 0.958. The summed E-state index contributed by atoms with van der Waals surface area (Å²) in [5.74, 6) is -0.347. The molecule has 0 aliphatic carbocycles. The van der Waals surface area contributed by atoms with Crippen LogP contribution >= 0.6 is 27.5 Å². The molecule has 0 aliphatic heterocycles. The standard InChI is InChI=1S/C16H15BrClN3O3/c1-20(9-11-2-4-12(17)5-3-11)10-16(22)19-14-8-13(18)6-7-15(14)21(23)24/h2-8H,9-10H2,1H3,(H,19,22). The zero-order chi connectivity index (χ0) is 17.7. The molecule has 0 heterocycles. The number of benzene rings is 2. The lowest BCUT2D eigenvalue weighted by Gasteiger charge is -2.16. The molecule has 2 rings (SSSR count). The second-order valence-corrected chi connectivity index (χ2v) is 6.62. The van der Waals surface area contributed by atoms with Crippen molar-refractivity contribution in [3.63, 3.8) is 0 Å². The first kappa shape index (κ1) is 18.4. The first-order chi connectivity index (χ1) is 11.3. The van der Waals surface area contributed by atoms with Gasteiger partial charge in [-0.2, -0.15) is 0 Å². The molecule has 1 amide bonds. The number of carbonyl (C=O) groups is 1. The monoisotopic (exact) mass is 411 g/mol. The molecule has 2 aromatic rings. The molecule has 0 bridgehead atoms. The van der Waals surface area contributed by atoms with E-state index in [-0.39, 0.29) is 23.8 Å². The van der Waals surface area contributed by atoms with Gasteiger partial charge in [0.2, 0.25) is 5.91 Å². The fourth-order valence-corrected chi connectivity index (χ4v) is 2.60. The van der Waals surface area contributed by atoms with Gasteiger partial charge in [0.15, 0.2) is 0 Å². The molecule has 2 aromatic carbocycles. The predicted octanol–water partition coefficient (Wildman–Crippen LogP) is 4.08. The van der Waals surface area contributed by atoms with E-state index in [2.05, 4.69) is 21.2 Å². The van der Waals surface area contributed by atoms with Crippen LogP contribution in [0.25, 0.3) is 0 Å². The third-order valence-corrected chi connectivity index (χ3v) is 3.97. The quantitative estimate of drug-likeness (QED) is 0.573. The third kappa shape index (κ3) is 5.30. The molecule has 0 fully saturated rings. The van der Waals surface area contributed by atoms with E-state index in [0.29, 0.717) is 11.6 Å². The number of nitro benzene ring substituents is 1. The van der Waals surface area contributed by atoms with Gasteiger partial charge >= 0.3 is 0 Å². The van der Waals surface area contributed by atoms with E-state index in [1.165, 1.54) is 18.2 Å². The lowest BCUT2D eigenvalue weighted by atomic mass is 10.2. The first-order valence-electron chi connectivity index (χ1n) is 7.02. The molecule has 0 spiro atoms. The van der Waals surface area contributed by atoms with Crippen LogP contribution in [0.5, 0.6) is 0 Å². The van der Waals surface area contributed by atoms with Gasteiger partial charge < -0.3 is 5.32 Å². The normalized spacial score (nSPS) is 10.7. The van der Waals surface area contributed by atoms with Crippen LogP contribution in [0.3, 0.4) is 0 Å². The maximum absolute atomic E-state index is 12.1. The summed E-state index contributed by atoms with van der Waals surface area (Å²) in [6.45, 7) is 0.679. The van der Waals surface area contributed by atoms with Crippen molar-refractivity contribution in [2.24, 2.45) is 0 Å². The van der Waals surface area contributed by atoms with Gasteiger partial charge in [0.1, 0.15) is 5.69 Å². The van der Waals surface area contributed by atoms with Crippen LogP contribution in [0.2, 0.25) is 5.02 Å². The molecule has 0 radical (unpaired) electrons. The fraction of sp³-hybridized carbons (Fsp3) is 0.188. The second-order valence-electron chi connectivity index (χ2n) is 5.27. The zero-order valence-electron chi connectivity index (χ0n) is 12.8. The highest BCUT2D eigenvalue weighted by Gasteiger charge is 2.17. The van der Waals surface area contributed by atoms with Gasteiger partial charge in [-0.25, -0.2) is 0 Å². The van der Waals surface area contributed by atoms with Gasteiger partial charge in [-0.05, 0) is 36.9 Å². The van der Waals surface area contributed by atoms with Crippen molar-refractivity contribution in [3.05, 3.63) is 67.6 Å². The van der Waals surface area contributed by atoms with Crippen molar-refractivity contribution in [1.82, 2.24) is 4.90 Å². The Morgan fingerprint density at radius 1 is 1.29 bits per heavy atom. The summed E-state index contributed by atoms with van der Waals surface area (Å²) in [7, 11) is 1.80. The lowest BCUT2D eigenvalue weighted by molar-refractivity contribution is -0.383. The van der Waals surface area contributed by atoms with Gasteiger partial charge in [-0.1, -0.05) is 39.7 Å². The molecular formula is C16H15BrClN3O3.